The molecule has 9 nitrogen and oxygen atoms in total. The number of hydrogen-bond acceptors (Lipinski definition) is 8. The molecule has 3 heterocycles. The summed E-state index contributed by atoms with van der Waals surface area (Å²) < 4.78 is 22.6. The molecule has 0 fully saturated rings. The normalized spacial score (nSPS) is 14.1. The smallest absolute Gasteiger partial charge is 0.341 e. The number of aromatic carboxylic acids is 1. The molecule has 1 aliphatic heterocycles. The zero-order valence-corrected chi connectivity index (χ0v) is 17.2. The molecule has 0 spiro atoms. The molecule has 1 N–H and O–H groups in total. The third-order valence-corrected chi connectivity index (χ3v) is 5.37. The first-order valence-electron chi connectivity index (χ1n) is 9.29. The molecule has 0 aliphatic carbocycles. The van der Waals surface area contributed by atoms with Crippen LogP contribution in [0.1, 0.15) is 34.1 Å². The van der Waals surface area contributed by atoms with Crippen LogP contribution in [0, 0.1) is 11.3 Å². The fraction of sp³-hybridized carbons (Fsp3) is 0.238. The van der Waals surface area contributed by atoms with Gasteiger partial charge >= 0.3 is 5.97 Å². The molecule has 3 aromatic rings. The minimum atomic E-state index is -1.33. The largest absolute Gasteiger partial charge is 0.492 e. The number of benzene rings is 1. The number of methoxy groups -OCH3 is 1. The van der Waals surface area contributed by atoms with E-state index in [9.17, 15) is 20.0 Å². The predicted octanol–water partition coefficient (Wildman–Crippen LogP) is 2.90. The molecule has 10 heteroatoms. The molecule has 0 amide bonds. The Morgan fingerprint density at radius 2 is 2.23 bits per heavy atom. The summed E-state index contributed by atoms with van der Waals surface area (Å²) in [5, 5.41) is 20.8. The highest BCUT2D eigenvalue weighted by molar-refractivity contribution is 7.03. The second kappa shape index (κ2) is 8.59. The van der Waals surface area contributed by atoms with Gasteiger partial charge in [-0.1, -0.05) is 0 Å². The first kappa shape index (κ1) is 20.6. The van der Waals surface area contributed by atoms with Gasteiger partial charge in [-0.3, -0.25) is 4.79 Å². The van der Waals surface area contributed by atoms with Crippen molar-refractivity contribution in [1.82, 2.24) is 8.94 Å². The summed E-state index contributed by atoms with van der Waals surface area (Å²) in [4.78, 5) is 23.9. The van der Waals surface area contributed by atoms with E-state index in [0.717, 1.165) is 0 Å². The summed E-state index contributed by atoms with van der Waals surface area (Å²) in [7, 11) is 1.60. The van der Waals surface area contributed by atoms with Crippen LogP contribution in [-0.4, -0.2) is 40.3 Å². The number of pyridine rings is 1. The highest BCUT2D eigenvalue weighted by atomic mass is 32.1. The molecule has 158 valence electrons. The third-order valence-electron chi connectivity index (χ3n) is 4.77. The average molecular weight is 439 g/mol. The van der Waals surface area contributed by atoms with Gasteiger partial charge in [-0.25, -0.2) is 9.17 Å². The van der Waals surface area contributed by atoms with Gasteiger partial charge in [0.25, 0.3) is 0 Å². The van der Waals surface area contributed by atoms with E-state index in [1.807, 2.05) is 0 Å². The minimum Gasteiger partial charge on any atom is -0.492 e. The van der Waals surface area contributed by atoms with Crippen molar-refractivity contribution in [2.45, 2.75) is 12.6 Å². The Hall–Kier alpha value is -3.68. The van der Waals surface area contributed by atoms with E-state index in [0.29, 0.717) is 48.0 Å². The second-order valence-electron chi connectivity index (χ2n) is 6.73. The third kappa shape index (κ3) is 3.88. The fourth-order valence-corrected chi connectivity index (χ4v) is 3.85. The van der Waals surface area contributed by atoms with Crippen molar-refractivity contribution in [2.24, 2.45) is 0 Å². The van der Waals surface area contributed by atoms with Crippen molar-refractivity contribution < 1.29 is 24.1 Å². The van der Waals surface area contributed by atoms with Gasteiger partial charge in [0.05, 0.1) is 17.9 Å². The molecule has 1 aromatic carbocycles. The SMILES string of the molecule is COCCCOc1cc2c(cc1C#N)-c1cc(=O)c(C(=O)O)cn1C(c1cnsc1)O2. The van der Waals surface area contributed by atoms with Crippen LogP contribution in [0.4, 0.5) is 0 Å². The van der Waals surface area contributed by atoms with E-state index in [4.69, 9.17) is 14.2 Å². The van der Waals surface area contributed by atoms with E-state index in [1.165, 1.54) is 23.8 Å². The Morgan fingerprint density at radius 3 is 2.90 bits per heavy atom. The lowest BCUT2D eigenvalue weighted by atomic mass is 10.0. The molecule has 0 radical (unpaired) electrons. The van der Waals surface area contributed by atoms with Gasteiger partial charge in [-0.2, -0.15) is 5.26 Å². The Balaban J connectivity index is 1.85. The summed E-state index contributed by atoms with van der Waals surface area (Å²) in [5.74, 6) is -0.553. The van der Waals surface area contributed by atoms with Gasteiger partial charge in [-0.15, -0.1) is 0 Å². The van der Waals surface area contributed by atoms with Crippen LogP contribution < -0.4 is 14.9 Å². The van der Waals surface area contributed by atoms with Crippen molar-refractivity contribution in [3.63, 3.8) is 0 Å². The number of rotatable bonds is 7. The zero-order chi connectivity index (χ0) is 22.0. The number of fused-ring (bicyclic) bond motifs is 3. The van der Waals surface area contributed by atoms with Gasteiger partial charge in [-0.05, 0) is 17.6 Å². The van der Waals surface area contributed by atoms with Crippen molar-refractivity contribution in [1.29, 1.82) is 5.26 Å². The Bertz CT molecular complexity index is 1230. The Kier molecular flexibility index (Phi) is 5.70. The van der Waals surface area contributed by atoms with Crippen LogP contribution in [0.3, 0.4) is 0 Å². The summed E-state index contributed by atoms with van der Waals surface area (Å²) in [6.45, 7) is 0.885. The lowest BCUT2D eigenvalue weighted by molar-refractivity contribution is 0.0693. The average Bonchev–Trinajstić information content (AvgIpc) is 3.29. The van der Waals surface area contributed by atoms with E-state index in [-0.39, 0.29) is 11.1 Å². The fourth-order valence-electron chi connectivity index (χ4n) is 3.31. The Morgan fingerprint density at radius 1 is 1.39 bits per heavy atom. The lowest BCUT2D eigenvalue weighted by Gasteiger charge is -2.31. The predicted molar refractivity (Wildman–Crippen MR) is 111 cm³/mol. The summed E-state index contributed by atoms with van der Waals surface area (Å²) >= 11 is 1.23. The van der Waals surface area contributed by atoms with Crippen LogP contribution in [0.15, 0.2) is 40.8 Å². The van der Waals surface area contributed by atoms with Gasteiger partial charge in [0.1, 0.15) is 23.1 Å². The van der Waals surface area contributed by atoms with Gasteiger partial charge in [0, 0.05) is 61.2 Å². The van der Waals surface area contributed by atoms with Crippen LogP contribution in [-0.2, 0) is 4.74 Å². The molecule has 0 saturated carbocycles. The van der Waals surface area contributed by atoms with Gasteiger partial charge < -0.3 is 23.9 Å². The van der Waals surface area contributed by atoms with E-state index in [1.54, 1.807) is 35.4 Å². The minimum absolute atomic E-state index is 0.275. The Labute approximate surface area is 180 Å². The number of aromatic nitrogens is 2. The van der Waals surface area contributed by atoms with E-state index >= 15 is 0 Å². The zero-order valence-electron chi connectivity index (χ0n) is 16.4. The van der Waals surface area contributed by atoms with Crippen molar-refractivity contribution in [3.8, 4) is 28.8 Å². The van der Waals surface area contributed by atoms with Crippen molar-refractivity contribution in [2.75, 3.05) is 20.3 Å². The van der Waals surface area contributed by atoms with Gasteiger partial charge in [0.2, 0.25) is 6.23 Å². The van der Waals surface area contributed by atoms with Crippen LogP contribution in [0.2, 0.25) is 0 Å². The molecule has 1 unspecified atom stereocenters. The van der Waals surface area contributed by atoms with E-state index < -0.39 is 17.6 Å². The standard InChI is InChI=1S/C21H17N3O6S/c1-28-3-2-4-29-18-7-19-14(5-12(18)8-22)16-6-17(25)15(21(26)27)10-24(16)20(30-19)13-9-23-31-11-13/h5-7,9-11,20H,2-4H2,1H3,(H,26,27). The number of nitriles is 1. The number of carboxylic acid groups (broad SMARTS) is 1. The quantitative estimate of drug-likeness (QED) is 0.558. The summed E-state index contributed by atoms with van der Waals surface area (Å²) in [5.41, 5.74) is 0.902. The molecule has 0 bridgehead atoms. The maximum absolute atomic E-state index is 12.4. The lowest BCUT2D eigenvalue weighted by Crippen LogP contribution is -2.27. The van der Waals surface area contributed by atoms with Crippen molar-refractivity contribution >= 4 is 17.5 Å². The summed E-state index contributed by atoms with van der Waals surface area (Å²) in [6.07, 6.45) is 2.80. The van der Waals surface area contributed by atoms with Crippen LogP contribution in [0.25, 0.3) is 11.3 Å². The molecule has 1 atom stereocenters. The molecule has 1 aliphatic rings. The van der Waals surface area contributed by atoms with Crippen LogP contribution >= 0.6 is 11.5 Å². The van der Waals surface area contributed by atoms with E-state index in [2.05, 4.69) is 10.4 Å². The highest BCUT2D eigenvalue weighted by Crippen LogP contribution is 2.43. The maximum atomic E-state index is 12.4. The first-order valence-corrected chi connectivity index (χ1v) is 10.1. The molecule has 2 aromatic heterocycles. The molecular weight excluding hydrogens is 422 g/mol. The number of hydrogen-bond donors (Lipinski definition) is 1. The maximum Gasteiger partial charge on any atom is 0.341 e. The first-order chi connectivity index (χ1) is 15.0. The summed E-state index contributed by atoms with van der Waals surface area (Å²) in [6, 6.07) is 6.54. The van der Waals surface area contributed by atoms with Crippen molar-refractivity contribution in [3.05, 3.63) is 62.9 Å². The number of carbonyl (C=O) groups is 1. The molecule has 4 rings (SSSR count). The number of carboxylic acids is 1. The molecule has 31 heavy (non-hydrogen) atoms. The topological polar surface area (TPSA) is 124 Å². The van der Waals surface area contributed by atoms with Crippen LogP contribution in [0.5, 0.6) is 11.5 Å². The monoisotopic (exact) mass is 439 g/mol. The molecule has 0 saturated heterocycles. The second-order valence-corrected chi connectivity index (χ2v) is 7.39. The van der Waals surface area contributed by atoms with Gasteiger partial charge in [0.15, 0.2) is 5.43 Å². The molecular formula is C21H17N3O6S. The number of ether oxygens (including phenoxy) is 3. The number of nitrogens with zero attached hydrogens (tertiary/aromatic N) is 3. The highest BCUT2D eigenvalue weighted by Gasteiger charge is 2.30.